The molecule has 1 N–H and O–H groups in total. The van der Waals surface area contributed by atoms with Gasteiger partial charge in [-0.3, -0.25) is 4.79 Å². The summed E-state index contributed by atoms with van der Waals surface area (Å²) >= 11 is 0. The van der Waals surface area contributed by atoms with E-state index >= 15 is 0 Å². The first-order chi connectivity index (χ1) is 8.00. The van der Waals surface area contributed by atoms with E-state index in [2.05, 4.69) is 11.6 Å². The molecule has 0 fully saturated rings. The minimum Gasteiger partial charge on any atom is -0.366 e. The third-order valence-corrected chi connectivity index (χ3v) is 4.24. The van der Waals surface area contributed by atoms with Gasteiger partial charge in [0.15, 0.2) is 0 Å². The smallest absolute Gasteiger partial charge is 0.248 e. The molecular weight excluding hydrogens is 240 g/mol. The van der Waals surface area contributed by atoms with Crippen molar-refractivity contribution in [2.75, 3.05) is 13.6 Å². The Balaban J connectivity index is 2.92. The van der Waals surface area contributed by atoms with Crippen molar-refractivity contribution < 1.29 is 8.42 Å². The minimum absolute atomic E-state index is 0.221. The molecule has 1 aromatic rings. The Morgan fingerprint density at radius 3 is 2.82 bits per heavy atom. The summed E-state index contributed by atoms with van der Waals surface area (Å²) in [7, 11) is -2.23. The van der Waals surface area contributed by atoms with Crippen molar-refractivity contribution in [1.82, 2.24) is 9.29 Å². The molecule has 0 bridgehead atoms. The summed E-state index contributed by atoms with van der Waals surface area (Å²) in [6, 6.07) is 1.20. The number of nitrogens with zero attached hydrogens (tertiary/aromatic N) is 1. The lowest BCUT2D eigenvalue weighted by molar-refractivity contribution is 0.462. The van der Waals surface area contributed by atoms with Gasteiger partial charge in [-0.25, -0.2) is 12.7 Å². The molecule has 1 rings (SSSR count). The van der Waals surface area contributed by atoms with E-state index in [9.17, 15) is 13.2 Å². The third-order valence-electron chi connectivity index (χ3n) is 2.36. The van der Waals surface area contributed by atoms with E-state index in [1.807, 2.05) is 0 Å². The SMILES string of the molecule is C=CCCCN(C)S(=O)(=O)c1c[nH]ccc1=O. The maximum atomic E-state index is 12.0. The van der Waals surface area contributed by atoms with Gasteiger partial charge in [-0.05, 0) is 12.8 Å². The molecule has 1 aromatic heterocycles. The van der Waals surface area contributed by atoms with Crippen LogP contribution in [0.25, 0.3) is 0 Å². The van der Waals surface area contributed by atoms with Crippen molar-refractivity contribution in [1.29, 1.82) is 0 Å². The van der Waals surface area contributed by atoms with Crippen molar-refractivity contribution in [2.24, 2.45) is 0 Å². The standard InChI is InChI=1S/C11H16N2O3S/c1-3-4-5-8-13(2)17(15,16)11-9-12-7-6-10(11)14/h3,6-7,9H,1,4-5,8H2,2H3,(H,12,14). The van der Waals surface area contributed by atoms with Gasteiger partial charge in [-0.2, -0.15) is 0 Å². The number of pyridine rings is 1. The highest BCUT2D eigenvalue weighted by Gasteiger charge is 2.22. The zero-order valence-electron chi connectivity index (χ0n) is 9.72. The molecule has 0 atom stereocenters. The Morgan fingerprint density at radius 1 is 1.53 bits per heavy atom. The van der Waals surface area contributed by atoms with E-state index in [1.165, 1.54) is 29.8 Å². The Hall–Kier alpha value is -1.40. The number of nitrogens with one attached hydrogen (secondary N) is 1. The van der Waals surface area contributed by atoms with Crippen LogP contribution in [0.15, 0.2) is 40.8 Å². The summed E-state index contributed by atoms with van der Waals surface area (Å²) in [4.78, 5) is 13.8. The number of aromatic amines is 1. The highest BCUT2D eigenvalue weighted by molar-refractivity contribution is 7.89. The molecule has 0 aromatic carbocycles. The second-order valence-electron chi connectivity index (χ2n) is 3.63. The molecule has 0 aliphatic rings. The van der Waals surface area contributed by atoms with Crippen LogP contribution >= 0.6 is 0 Å². The van der Waals surface area contributed by atoms with Crippen molar-refractivity contribution in [3.63, 3.8) is 0 Å². The predicted molar refractivity (Wildman–Crippen MR) is 66.3 cm³/mol. The quantitative estimate of drug-likeness (QED) is 0.609. The van der Waals surface area contributed by atoms with Gasteiger partial charge in [0.05, 0.1) is 0 Å². The largest absolute Gasteiger partial charge is 0.366 e. The molecule has 1 heterocycles. The van der Waals surface area contributed by atoms with E-state index in [0.717, 1.165) is 6.42 Å². The van der Waals surface area contributed by atoms with Crippen LogP contribution in [0, 0.1) is 0 Å². The Labute approximate surface area is 101 Å². The van der Waals surface area contributed by atoms with E-state index in [-0.39, 0.29) is 4.90 Å². The van der Waals surface area contributed by atoms with Gasteiger partial charge in [0.2, 0.25) is 15.5 Å². The van der Waals surface area contributed by atoms with Crippen molar-refractivity contribution in [2.45, 2.75) is 17.7 Å². The first-order valence-electron chi connectivity index (χ1n) is 5.24. The number of aromatic nitrogens is 1. The molecule has 5 nitrogen and oxygen atoms in total. The molecule has 0 unspecified atom stereocenters. The summed E-state index contributed by atoms with van der Waals surface area (Å²) < 4.78 is 25.2. The summed E-state index contributed by atoms with van der Waals surface area (Å²) in [5.74, 6) is 0. The number of H-pyrrole nitrogens is 1. The van der Waals surface area contributed by atoms with Gasteiger partial charge < -0.3 is 4.98 Å². The van der Waals surface area contributed by atoms with Crippen LogP contribution in [-0.2, 0) is 10.0 Å². The number of hydrogen-bond donors (Lipinski definition) is 1. The van der Waals surface area contributed by atoms with Crippen LogP contribution in [-0.4, -0.2) is 31.3 Å². The number of unbranched alkanes of at least 4 members (excludes halogenated alkanes) is 1. The summed E-state index contributed by atoms with van der Waals surface area (Å²) in [5.41, 5.74) is -0.501. The molecule has 0 aliphatic heterocycles. The lowest BCUT2D eigenvalue weighted by Crippen LogP contribution is -2.31. The van der Waals surface area contributed by atoms with Gasteiger partial charge in [-0.1, -0.05) is 6.08 Å². The number of allylic oxidation sites excluding steroid dienone is 1. The fourth-order valence-corrected chi connectivity index (χ4v) is 2.59. The average Bonchev–Trinajstić information content (AvgIpc) is 2.29. The zero-order chi connectivity index (χ0) is 12.9. The topological polar surface area (TPSA) is 70.2 Å². The van der Waals surface area contributed by atoms with Gasteiger partial charge in [0.1, 0.15) is 4.90 Å². The first kappa shape index (κ1) is 13.7. The van der Waals surface area contributed by atoms with E-state index in [4.69, 9.17) is 0 Å². The van der Waals surface area contributed by atoms with E-state index < -0.39 is 15.5 Å². The van der Waals surface area contributed by atoms with Crippen molar-refractivity contribution in [3.05, 3.63) is 41.3 Å². The van der Waals surface area contributed by atoms with Gasteiger partial charge >= 0.3 is 0 Å². The van der Waals surface area contributed by atoms with Gasteiger partial charge in [0, 0.05) is 32.1 Å². The highest BCUT2D eigenvalue weighted by atomic mass is 32.2. The van der Waals surface area contributed by atoms with Crippen LogP contribution in [0.1, 0.15) is 12.8 Å². The van der Waals surface area contributed by atoms with Crippen molar-refractivity contribution in [3.8, 4) is 0 Å². The minimum atomic E-state index is -3.69. The van der Waals surface area contributed by atoms with Crippen LogP contribution in [0.5, 0.6) is 0 Å². The van der Waals surface area contributed by atoms with E-state index in [0.29, 0.717) is 13.0 Å². The van der Waals surface area contributed by atoms with Crippen LogP contribution in [0.4, 0.5) is 0 Å². The Bertz CT molecular complexity index is 534. The van der Waals surface area contributed by atoms with Gasteiger partial charge in [-0.15, -0.1) is 6.58 Å². The Morgan fingerprint density at radius 2 is 2.24 bits per heavy atom. The monoisotopic (exact) mass is 256 g/mol. The molecule has 0 radical (unpaired) electrons. The molecule has 0 spiro atoms. The van der Waals surface area contributed by atoms with Crippen LogP contribution in [0.2, 0.25) is 0 Å². The molecule has 17 heavy (non-hydrogen) atoms. The predicted octanol–water partition coefficient (Wildman–Crippen LogP) is 0.962. The number of hydrogen-bond acceptors (Lipinski definition) is 3. The lowest BCUT2D eigenvalue weighted by Gasteiger charge is -2.15. The number of sulfonamides is 1. The second kappa shape index (κ2) is 5.79. The summed E-state index contributed by atoms with van der Waals surface area (Å²) in [5, 5.41) is 0. The average molecular weight is 256 g/mol. The first-order valence-corrected chi connectivity index (χ1v) is 6.68. The second-order valence-corrected chi connectivity index (χ2v) is 5.64. The summed E-state index contributed by atoms with van der Waals surface area (Å²) in [6.45, 7) is 3.93. The third kappa shape index (κ3) is 3.28. The van der Waals surface area contributed by atoms with Crippen molar-refractivity contribution >= 4 is 10.0 Å². The maximum absolute atomic E-state index is 12.0. The molecule has 6 heteroatoms. The Kier molecular flexibility index (Phi) is 4.65. The highest BCUT2D eigenvalue weighted by Crippen LogP contribution is 2.09. The van der Waals surface area contributed by atoms with E-state index in [1.54, 1.807) is 6.08 Å². The number of rotatable bonds is 6. The molecule has 0 amide bonds. The van der Waals surface area contributed by atoms with Gasteiger partial charge in [0.25, 0.3) is 0 Å². The lowest BCUT2D eigenvalue weighted by atomic mass is 10.3. The molecule has 0 aliphatic carbocycles. The van der Waals surface area contributed by atoms with Crippen LogP contribution in [0.3, 0.4) is 0 Å². The molecule has 94 valence electrons. The fraction of sp³-hybridized carbons (Fsp3) is 0.364. The molecule has 0 saturated heterocycles. The summed E-state index contributed by atoms with van der Waals surface area (Å²) in [6.07, 6.45) is 5.77. The molecular formula is C11H16N2O3S. The zero-order valence-corrected chi connectivity index (χ0v) is 10.5. The normalized spacial score (nSPS) is 11.6. The fourth-order valence-electron chi connectivity index (χ4n) is 1.35. The molecule has 0 saturated carbocycles. The van der Waals surface area contributed by atoms with Crippen LogP contribution < -0.4 is 5.43 Å². The maximum Gasteiger partial charge on any atom is 0.248 e.